The van der Waals surface area contributed by atoms with Crippen LogP contribution >= 0.6 is 22.9 Å². The number of nitrogens with one attached hydrogen (secondary N) is 1. The van der Waals surface area contributed by atoms with Crippen LogP contribution in [0.15, 0.2) is 18.2 Å². The molecule has 2 aromatic heterocycles. The summed E-state index contributed by atoms with van der Waals surface area (Å²) >= 11 is 7.83. The number of carbonyl (C=O) groups is 2. The molecule has 4 aliphatic rings. The molecule has 12 nitrogen and oxygen atoms in total. The third-order valence-corrected chi connectivity index (χ3v) is 12.1. The second-order valence-electron chi connectivity index (χ2n) is 17.3. The largest absolute Gasteiger partial charge is 0.461 e. The number of halogens is 4. The molecule has 2 bridgehead atoms. The van der Waals surface area contributed by atoms with Crippen LogP contribution in [0.4, 0.5) is 33.7 Å². The molecule has 2 amide bonds. The van der Waals surface area contributed by atoms with Crippen LogP contribution in [0.25, 0.3) is 32.2 Å². The van der Waals surface area contributed by atoms with Crippen LogP contribution in [0.1, 0.15) is 67.2 Å². The van der Waals surface area contributed by atoms with Crippen LogP contribution in [0.2, 0.25) is 5.02 Å². The van der Waals surface area contributed by atoms with Gasteiger partial charge in [-0.2, -0.15) is 9.97 Å². The van der Waals surface area contributed by atoms with Gasteiger partial charge in [0.1, 0.15) is 41.1 Å². The van der Waals surface area contributed by atoms with Gasteiger partial charge in [-0.1, -0.05) is 22.9 Å². The minimum absolute atomic E-state index is 0.00636. The zero-order chi connectivity index (χ0) is 39.9. The van der Waals surface area contributed by atoms with Crippen LogP contribution in [-0.2, 0) is 9.47 Å². The lowest BCUT2D eigenvalue weighted by Gasteiger charge is -2.35. The highest BCUT2D eigenvalue weighted by Crippen LogP contribution is 2.45. The zero-order valence-electron chi connectivity index (χ0n) is 32.2. The summed E-state index contributed by atoms with van der Waals surface area (Å²) in [5, 5.41) is 2.93. The lowest BCUT2D eigenvalue weighted by atomic mass is 9.95. The van der Waals surface area contributed by atoms with Gasteiger partial charge >= 0.3 is 18.2 Å². The molecule has 0 spiro atoms. The highest BCUT2D eigenvalue weighted by Gasteiger charge is 2.50. The third-order valence-electron chi connectivity index (χ3n) is 10.8. The summed E-state index contributed by atoms with van der Waals surface area (Å²) in [6.45, 7) is 13.3. The van der Waals surface area contributed by atoms with Crippen LogP contribution in [0.3, 0.4) is 0 Å². The number of nitrogens with zero attached hydrogens (tertiary/aromatic N) is 6. The smallest absolute Gasteiger partial charge is 0.413 e. The molecule has 2 unspecified atom stereocenters. The normalized spacial score (nSPS) is 23.9. The molecule has 56 heavy (non-hydrogen) atoms. The van der Waals surface area contributed by atoms with Crippen LogP contribution in [0, 0.1) is 17.6 Å². The van der Waals surface area contributed by atoms with E-state index < -0.39 is 40.6 Å². The molecule has 1 N–H and O–H groups in total. The van der Waals surface area contributed by atoms with Crippen molar-refractivity contribution < 1.29 is 37.0 Å². The van der Waals surface area contributed by atoms with Crippen molar-refractivity contribution in [1.82, 2.24) is 24.8 Å². The number of rotatable bonds is 6. The first kappa shape index (κ1) is 38.7. The van der Waals surface area contributed by atoms with Gasteiger partial charge in [0.15, 0.2) is 10.9 Å². The summed E-state index contributed by atoms with van der Waals surface area (Å²) in [6, 6.07) is 3.91. The Morgan fingerprint density at radius 2 is 1.79 bits per heavy atom. The number of fused-ring (bicyclic) bond motifs is 5. The topological polar surface area (TPSA) is 122 Å². The second kappa shape index (κ2) is 14.0. The summed E-state index contributed by atoms with van der Waals surface area (Å²) in [4.78, 5) is 45.5. The quantitative estimate of drug-likeness (QED) is 0.203. The van der Waals surface area contributed by atoms with E-state index in [0.29, 0.717) is 43.8 Å². The molecule has 300 valence electrons. The van der Waals surface area contributed by atoms with Gasteiger partial charge in [0.25, 0.3) is 0 Å². The van der Waals surface area contributed by atoms with Crippen LogP contribution in [-0.4, -0.2) is 105 Å². The van der Waals surface area contributed by atoms with E-state index in [9.17, 15) is 14.0 Å². The molecule has 2 aromatic carbocycles. The summed E-state index contributed by atoms with van der Waals surface area (Å²) in [5.41, 5.74) is -1.82. The zero-order valence-corrected chi connectivity index (χ0v) is 33.8. The Hall–Kier alpha value is -4.15. The Morgan fingerprint density at radius 1 is 1.02 bits per heavy atom. The molecule has 8 rings (SSSR count). The highest BCUT2D eigenvalue weighted by molar-refractivity contribution is 7.22. The Balaban J connectivity index is 1.20. The molecule has 0 saturated carbocycles. The standard InChI is InChI=1S/C39H45ClF3N7O5S/c1-37(2,3)54-35(51)47-34-45-30-23(8-9-26(42)31(30)56-34)27-25(40)13-24-29(28(27)43)44-33(53-19-39-10-7-11-49(39)17-21(41)14-39)46-32(24)48-15-20-12-22(18-48)50(16-20)36(52)55-38(4,5)6/h8-9,13,20-22H,7,10-12,14-19H2,1-6H3,(H,45,47,51)/t20?,21-,22?,39+/m1/s1. The van der Waals surface area contributed by atoms with Gasteiger partial charge < -0.3 is 24.0 Å². The van der Waals surface area contributed by atoms with Gasteiger partial charge in [0.05, 0.1) is 26.8 Å². The van der Waals surface area contributed by atoms with Crippen molar-refractivity contribution in [2.45, 2.75) is 96.2 Å². The summed E-state index contributed by atoms with van der Waals surface area (Å²) < 4.78 is 64.6. The average Bonchev–Trinajstić information content (AvgIpc) is 3.84. The number of hydrogen-bond acceptors (Lipinski definition) is 11. The van der Waals surface area contributed by atoms with Crippen molar-refractivity contribution in [3.8, 4) is 17.1 Å². The minimum Gasteiger partial charge on any atom is -0.461 e. The predicted molar refractivity (Wildman–Crippen MR) is 209 cm³/mol. The van der Waals surface area contributed by atoms with Crippen LogP contribution in [0.5, 0.6) is 6.01 Å². The molecule has 0 radical (unpaired) electrons. The predicted octanol–water partition coefficient (Wildman–Crippen LogP) is 8.59. The molecule has 4 saturated heterocycles. The summed E-state index contributed by atoms with van der Waals surface area (Å²) in [5.74, 6) is -0.930. The van der Waals surface area contributed by atoms with E-state index in [-0.39, 0.29) is 67.7 Å². The minimum atomic E-state index is -0.969. The summed E-state index contributed by atoms with van der Waals surface area (Å²) in [7, 11) is 0. The van der Waals surface area contributed by atoms with Crippen molar-refractivity contribution in [3.63, 3.8) is 0 Å². The number of carbonyl (C=O) groups excluding carboxylic acids is 2. The van der Waals surface area contributed by atoms with Gasteiger partial charge in [-0.15, -0.1) is 0 Å². The van der Waals surface area contributed by atoms with Crippen molar-refractivity contribution in [2.75, 3.05) is 49.5 Å². The Labute approximate surface area is 331 Å². The number of benzene rings is 2. The second-order valence-corrected chi connectivity index (χ2v) is 18.8. The van der Waals surface area contributed by atoms with Crippen LogP contribution < -0.4 is 15.0 Å². The van der Waals surface area contributed by atoms with E-state index in [4.69, 9.17) is 30.8 Å². The number of piperidine rings is 1. The first-order valence-corrected chi connectivity index (χ1v) is 20.1. The van der Waals surface area contributed by atoms with Crippen molar-refractivity contribution in [3.05, 3.63) is 34.9 Å². The van der Waals surface area contributed by atoms with Crippen molar-refractivity contribution >= 4 is 67.2 Å². The monoisotopic (exact) mass is 815 g/mol. The maximum absolute atomic E-state index is 17.3. The van der Waals surface area contributed by atoms with Gasteiger partial charge in [-0.25, -0.2) is 27.7 Å². The Bertz CT molecular complexity index is 2230. The molecule has 4 aliphatic heterocycles. The fourth-order valence-corrected chi connectivity index (χ4v) is 9.84. The van der Waals surface area contributed by atoms with Crippen molar-refractivity contribution in [2.24, 2.45) is 5.92 Å². The molecular formula is C39H45ClF3N7O5S. The molecule has 4 aromatic rings. The molecule has 4 atom stereocenters. The fraction of sp³-hybridized carbons (Fsp3) is 0.564. The van der Waals surface area contributed by atoms with Gasteiger partial charge in [0, 0.05) is 49.1 Å². The SMILES string of the molecule is CC(C)(C)OC(=O)Nc1nc2c(-c3c(Cl)cc4c(N5CC6CC(C5)N(C(=O)OC(C)(C)C)C6)nc(OC[C@@]56CCCN5C[C@H](F)C6)nc4c3F)ccc(F)c2s1. The number of alkyl halides is 1. The number of amides is 2. The number of anilines is 2. The first-order valence-electron chi connectivity index (χ1n) is 18.9. The maximum Gasteiger partial charge on any atom is 0.413 e. The number of thiazole rings is 1. The number of likely N-dealkylation sites (tertiary alicyclic amines) is 1. The molecule has 4 fully saturated rings. The number of hydrogen-bond donors (Lipinski definition) is 1. The van der Waals surface area contributed by atoms with Crippen molar-refractivity contribution in [1.29, 1.82) is 0 Å². The Morgan fingerprint density at radius 3 is 2.54 bits per heavy atom. The molecular weight excluding hydrogens is 771 g/mol. The molecule has 0 aliphatic carbocycles. The molecule has 17 heteroatoms. The molecule has 6 heterocycles. The van der Waals surface area contributed by atoms with Gasteiger partial charge in [-0.3, -0.25) is 10.2 Å². The van der Waals surface area contributed by atoms with E-state index >= 15 is 8.78 Å². The summed E-state index contributed by atoms with van der Waals surface area (Å²) in [6.07, 6.45) is 0.659. The fourth-order valence-electron chi connectivity index (χ4n) is 8.66. The van der Waals surface area contributed by atoms with E-state index in [0.717, 1.165) is 37.1 Å². The first-order chi connectivity index (χ1) is 26.4. The van der Waals surface area contributed by atoms with E-state index in [1.54, 1.807) is 31.7 Å². The average molecular weight is 816 g/mol. The number of ether oxygens (including phenoxy) is 3. The van der Waals surface area contributed by atoms with Gasteiger partial charge in [0.2, 0.25) is 0 Å². The van der Waals surface area contributed by atoms with E-state index in [1.807, 2.05) is 25.7 Å². The van der Waals surface area contributed by atoms with E-state index in [1.165, 1.54) is 12.1 Å². The Kier molecular flexibility index (Phi) is 9.71. The van der Waals surface area contributed by atoms with E-state index in [2.05, 4.69) is 20.2 Å². The van der Waals surface area contributed by atoms with Gasteiger partial charge in [-0.05, 0) is 91.5 Å². The lowest BCUT2D eigenvalue weighted by Crippen LogP contribution is -2.46. The highest BCUT2D eigenvalue weighted by atomic mass is 35.5. The third kappa shape index (κ3) is 7.39. The number of aromatic nitrogens is 3. The maximum atomic E-state index is 17.3. The lowest BCUT2D eigenvalue weighted by molar-refractivity contribution is 0.0233.